The summed E-state index contributed by atoms with van der Waals surface area (Å²) in [6.45, 7) is 15.6. The van der Waals surface area contributed by atoms with Crippen molar-refractivity contribution in [2.45, 2.75) is 65.5 Å². The fourth-order valence-corrected chi connectivity index (χ4v) is 6.54. The Bertz CT molecular complexity index is 1560. The first-order chi connectivity index (χ1) is 19.7. The molecule has 1 heterocycles. The van der Waals surface area contributed by atoms with Crippen molar-refractivity contribution in [3.05, 3.63) is 76.4 Å². The normalized spacial score (nSPS) is 19.0. The van der Waals surface area contributed by atoms with Crippen LogP contribution in [0.3, 0.4) is 0 Å². The predicted octanol–water partition coefficient (Wildman–Crippen LogP) is 5.77. The van der Waals surface area contributed by atoms with E-state index in [0.717, 1.165) is 36.9 Å². The van der Waals surface area contributed by atoms with Gasteiger partial charge in [-0.2, -0.15) is 8.42 Å². The van der Waals surface area contributed by atoms with Gasteiger partial charge in [0.1, 0.15) is 11.9 Å². The second-order valence-electron chi connectivity index (χ2n) is 11.8. The van der Waals surface area contributed by atoms with Crippen LogP contribution < -0.4 is 10.1 Å². The minimum atomic E-state index is -3.40. The molecule has 224 valence electrons. The minimum Gasteiger partial charge on any atom is -0.489 e. The van der Waals surface area contributed by atoms with Crippen LogP contribution in [0.25, 0.3) is 10.5 Å². The van der Waals surface area contributed by atoms with Crippen molar-refractivity contribution in [3.63, 3.8) is 0 Å². The zero-order valence-electron chi connectivity index (χ0n) is 24.4. The molecule has 10 nitrogen and oxygen atoms in total. The third-order valence-corrected chi connectivity index (χ3v) is 8.62. The summed E-state index contributed by atoms with van der Waals surface area (Å²) in [4.78, 5) is 16.6. The number of unbranched alkanes of at least 4 members (excludes halogenated alkanes) is 2. The number of rotatable bonds is 12. The molecule has 1 aliphatic rings. The Morgan fingerprint density at radius 3 is 2.40 bits per heavy atom. The summed E-state index contributed by atoms with van der Waals surface area (Å²) in [5.74, 6) is 0.420. The predicted molar refractivity (Wildman–Crippen MR) is 161 cm³/mol. The van der Waals surface area contributed by atoms with Crippen molar-refractivity contribution in [1.29, 1.82) is 0 Å². The van der Waals surface area contributed by atoms with Crippen LogP contribution in [0.5, 0.6) is 5.75 Å². The highest BCUT2D eigenvalue weighted by Gasteiger charge is 2.64. The molecule has 42 heavy (non-hydrogen) atoms. The van der Waals surface area contributed by atoms with Crippen LogP contribution in [-0.4, -0.2) is 54.3 Å². The molecule has 1 fully saturated rings. The van der Waals surface area contributed by atoms with Gasteiger partial charge in [0, 0.05) is 22.4 Å². The molecule has 1 aromatic heterocycles. The van der Waals surface area contributed by atoms with Crippen LogP contribution in [0.2, 0.25) is 5.02 Å². The highest BCUT2D eigenvalue weighted by Crippen LogP contribution is 2.55. The number of ether oxygens (including phenoxy) is 1. The molecular weight excluding hydrogens is 578 g/mol. The number of carbonyl (C=O) groups excluding carboxylic acids is 1. The minimum absolute atomic E-state index is 0.143. The number of aryl methyl sites for hydroxylation is 1. The molecule has 0 aliphatic heterocycles. The van der Waals surface area contributed by atoms with Crippen LogP contribution in [0.4, 0.5) is 5.69 Å². The largest absolute Gasteiger partial charge is 0.489 e. The zero-order chi connectivity index (χ0) is 30.7. The van der Waals surface area contributed by atoms with Gasteiger partial charge in [-0.05, 0) is 55.7 Å². The van der Waals surface area contributed by atoms with Crippen LogP contribution in [0.15, 0.2) is 48.7 Å². The lowest BCUT2D eigenvalue weighted by Gasteiger charge is -2.63. The van der Waals surface area contributed by atoms with E-state index in [2.05, 4.69) is 48.2 Å². The Kier molecular flexibility index (Phi) is 9.30. The molecule has 1 amide bonds. The molecule has 0 spiro atoms. The van der Waals surface area contributed by atoms with Gasteiger partial charge < -0.3 is 10.1 Å². The Morgan fingerprint density at radius 2 is 1.79 bits per heavy atom. The van der Waals surface area contributed by atoms with Crippen molar-refractivity contribution in [2.75, 3.05) is 12.9 Å². The second-order valence-corrected chi connectivity index (χ2v) is 13.9. The number of hydrogen-bond donors (Lipinski definition) is 1. The SMILES string of the molecule is [C-]#[N+]c1ccc(OC2C(C)(C)C(NC(=O)c3ccc(-n4cc(CCCCCOS(C)(=O)=O)nn4)cc3)C2(C)C)cc1Cl. The summed E-state index contributed by atoms with van der Waals surface area (Å²) in [5, 5.41) is 12.0. The summed E-state index contributed by atoms with van der Waals surface area (Å²) in [5.41, 5.74) is 1.81. The summed E-state index contributed by atoms with van der Waals surface area (Å²) in [6, 6.07) is 12.1. The summed E-state index contributed by atoms with van der Waals surface area (Å²) in [7, 11) is -3.40. The average Bonchev–Trinajstić information content (AvgIpc) is 3.40. The van der Waals surface area contributed by atoms with E-state index < -0.39 is 10.1 Å². The number of aromatic nitrogens is 3. The van der Waals surface area contributed by atoms with E-state index in [1.54, 1.807) is 35.0 Å². The number of benzene rings is 2. The van der Waals surface area contributed by atoms with Crippen molar-refractivity contribution in [2.24, 2.45) is 10.8 Å². The van der Waals surface area contributed by atoms with E-state index in [4.69, 9.17) is 27.1 Å². The zero-order valence-corrected chi connectivity index (χ0v) is 26.0. The lowest BCUT2D eigenvalue weighted by molar-refractivity contribution is -0.164. The second kappa shape index (κ2) is 12.4. The summed E-state index contributed by atoms with van der Waals surface area (Å²) < 4.78 is 34.8. The molecule has 0 bridgehead atoms. The molecule has 4 rings (SSSR count). The van der Waals surface area contributed by atoms with Gasteiger partial charge in [0.2, 0.25) is 5.69 Å². The first kappa shape index (κ1) is 31.5. The third kappa shape index (κ3) is 7.12. The quantitative estimate of drug-likeness (QED) is 0.156. The molecule has 0 saturated heterocycles. The fourth-order valence-electron chi connectivity index (χ4n) is 5.90. The van der Waals surface area contributed by atoms with Gasteiger partial charge in [-0.15, -0.1) is 5.10 Å². The first-order valence-corrected chi connectivity index (χ1v) is 15.9. The number of halogens is 1. The van der Waals surface area contributed by atoms with Gasteiger partial charge >= 0.3 is 0 Å². The molecule has 1 aliphatic carbocycles. The molecule has 0 radical (unpaired) electrons. The monoisotopic (exact) mass is 613 g/mol. The van der Waals surface area contributed by atoms with E-state index in [1.165, 1.54) is 0 Å². The average molecular weight is 614 g/mol. The highest BCUT2D eigenvalue weighted by molar-refractivity contribution is 7.85. The molecule has 1 saturated carbocycles. The number of hydrogen-bond acceptors (Lipinski definition) is 7. The Labute approximate surface area is 252 Å². The smallest absolute Gasteiger partial charge is 0.264 e. The van der Waals surface area contributed by atoms with E-state index in [1.807, 2.05) is 18.3 Å². The number of nitrogens with zero attached hydrogens (tertiary/aromatic N) is 4. The van der Waals surface area contributed by atoms with Crippen molar-refractivity contribution >= 4 is 33.3 Å². The Balaban J connectivity index is 1.32. The van der Waals surface area contributed by atoms with E-state index >= 15 is 0 Å². The lowest BCUT2D eigenvalue weighted by Crippen LogP contribution is -2.74. The van der Waals surface area contributed by atoms with Gasteiger partial charge in [0.15, 0.2) is 0 Å². The Hall–Kier alpha value is -3.46. The molecule has 0 atom stereocenters. The molecule has 0 unspecified atom stereocenters. The summed E-state index contributed by atoms with van der Waals surface area (Å²) >= 11 is 6.20. The maximum Gasteiger partial charge on any atom is 0.264 e. The maximum absolute atomic E-state index is 13.2. The molecule has 3 aromatic rings. The van der Waals surface area contributed by atoms with Gasteiger partial charge in [-0.3, -0.25) is 8.98 Å². The van der Waals surface area contributed by atoms with E-state index in [-0.39, 0.29) is 35.5 Å². The third-order valence-electron chi connectivity index (χ3n) is 7.72. The number of carbonyl (C=O) groups is 1. The standard InChI is InChI=1S/C30H36ClN5O5S/c1-29(2)27(30(3,4)28(29)41-23-15-16-25(32-5)24(31)18-23)33-26(37)20-11-13-22(14-12-20)36-19-21(34-35-36)10-8-7-9-17-40-42(6,38)39/h11-16,18-19,27-28H,7-10,17H2,1-4,6H3,(H,33,37). The molecule has 12 heteroatoms. The van der Waals surface area contributed by atoms with Crippen LogP contribution in [0, 0.1) is 17.4 Å². The first-order valence-electron chi connectivity index (χ1n) is 13.7. The van der Waals surface area contributed by atoms with Crippen molar-refractivity contribution < 1.29 is 22.1 Å². The molecule has 2 aromatic carbocycles. The van der Waals surface area contributed by atoms with Gasteiger partial charge in [0.25, 0.3) is 16.0 Å². The Morgan fingerprint density at radius 1 is 1.10 bits per heavy atom. The summed E-state index contributed by atoms with van der Waals surface area (Å²) in [6.07, 6.45) is 5.74. The fraction of sp³-hybridized carbons (Fsp3) is 0.467. The van der Waals surface area contributed by atoms with Crippen molar-refractivity contribution in [1.82, 2.24) is 20.3 Å². The van der Waals surface area contributed by atoms with Gasteiger partial charge in [-0.25, -0.2) is 9.53 Å². The van der Waals surface area contributed by atoms with Crippen LogP contribution in [-0.2, 0) is 20.7 Å². The topological polar surface area (TPSA) is 117 Å². The van der Waals surface area contributed by atoms with Crippen molar-refractivity contribution in [3.8, 4) is 11.4 Å². The maximum atomic E-state index is 13.2. The highest BCUT2D eigenvalue weighted by atomic mass is 35.5. The van der Waals surface area contributed by atoms with Gasteiger partial charge in [-0.1, -0.05) is 57.0 Å². The van der Waals surface area contributed by atoms with Crippen LogP contribution >= 0.6 is 11.6 Å². The van der Waals surface area contributed by atoms with Crippen LogP contribution in [0.1, 0.15) is 63.0 Å². The van der Waals surface area contributed by atoms with E-state index in [0.29, 0.717) is 28.4 Å². The number of amides is 1. The number of nitrogens with one attached hydrogen (secondary N) is 1. The molecule has 1 N–H and O–H groups in total. The lowest BCUT2D eigenvalue weighted by atomic mass is 9.49. The molecular formula is C30H36ClN5O5S. The van der Waals surface area contributed by atoms with Gasteiger partial charge in [0.05, 0.1) is 42.0 Å². The van der Waals surface area contributed by atoms with E-state index in [9.17, 15) is 13.2 Å².